The average Bonchev–Trinajstić information content (AvgIpc) is 3.31. The molecule has 0 aliphatic carbocycles. The minimum absolute atomic E-state index is 0.0344. The summed E-state index contributed by atoms with van der Waals surface area (Å²) >= 11 is 0. The Hall–Kier alpha value is -4.14. The Morgan fingerprint density at radius 2 is 1.83 bits per heavy atom. The van der Waals surface area contributed by atoms with Crippen molar-refractivity contribution in [3.63, 3.8) is 0 Å². The molecule has 0 bridgehead atoms. The van der Waals surface area contributed by atoms with Crippen LogP contribution >= 0.6 is 0 Å². The molecular weight excluding hydrogens is 458 g/mol. The molecule has 4 rings (SSSR count). The molecule has 1 aliphatic rings. The van der Waals surface area contributed by atoms with Crippen LogP contribution in [-0.2, 0) is 24.3 Å². The molecule has 0 fully saturated rings. The second-order valence-corrected chi connectivity index (χ2v) is 8.87. The van der Waals surface area contributed by atoms with Crippen LogP contribution in [0.4, 0.5) is 17.2 Å². The lowest BCUT2D eigenvalue weighted by Gasteiger charge is -2.25. The standard InChI is InChI=1S/C27H31N5O4/c1-3-5-14-31-24(28)23(25(34)29-27(31)36)32(17-18-9-7-6-8-10-18)26(35)20-11-12-21-19(16-20)13-15-30(21)22(33)4-2/h6-12,16H,3-5,13-15,17,28H2,1-2H3,(H,29,34,36). The van der Waals surface area contributed by atoms with Gasteiger partial charge in [-0.2, -0.15) is 0 Å². The highest BCUT2D eigenvalue weighted by molar-refractivity contribution is 6.08. The molecule has 0 saturated carbocycles. The predicted octanol–water partition coefficient (Wildman–Crippen LogP) is 3.07. The van der Waals surface area contributed by atoms with Crippen LogP contribution in [0.2, 0.25) is 0 Å². The number of nitrogen functional groups attached to an aromatic ring is 1. The number of nitrogens with zero attached hydrogens (tertiary/aromatic N) is 3. The number of H-pyrrole nitrogens is 1. The summed E-state index contributed by atoms with van der Waals surface area (Å²) in [6.07, 6.45) is 2.58. The molecule has 36 heavy (non-hydrogen) atoms. The van der Waals surface area contributed by atoms with Crippen LogP contribution in [0.15, 0.2) is 58.1 Å². The highest BCUT2D eigenvalue weighted by atomic mass is 16.2. The topological polar surface area (TPSA) is 121 Å². The molecule has 9 nitrogen and oxygen atoms in total. The van der Waals surface area contributed by atoms with E-state index in [0.29, 0.717) is 37.9 Å². The minimum atomic E-state index is -0.713. The summed E-state index contributed by atoms with van der Waals surface area (Å²) in [5.41, 5.74) is 7.88. The van der Waals surface area contributed by atoms with Crippen molar-refractivity contribution >= 4 is 29.0 Å². The van der Waals surface area contributed by atoms with E-state index in [1.54, 1.807) is 23.1 Å². The van der Waals surface area contributed by atoms with Gasteiger partial charge in [-0.3, -0.25) is 28.8 Å². The number of nitrogens with two attached hydrogens (primary N) is 1. The number of amides is 2. The maximum absolute atomic E-state index is 13.9. The van der Waals surface area contributed by atoms with Crippen molar-refractivity contribution in [2.75, 3.05) is 22.1 Å². The largest absolute Gasteiger partial charge is 0.383 e. The van der Waals surface area contributed by atoms with Crippen molar-refractivity contribution < 1.29 is 9.59 Å². The number of fused-ring (bicyclic) bond motifs is 1. The van der Waals surface area contributed by atoms with Crippen LogP contribution in [0.5, 0.6) is 0 Å². The normalized spacial score (nSPS) is 12.4. The van der Waals surface area contributed by atoms with Crippen molar-refractivity contribution in [2.45, 2.75) is 52.6 Å². The number of anilines is 3. The van der Waals surface area contributed by atoms with Gasteiger partial charge in [0.1, 0.15) is 5.82 Å². The molecule has 3 N–H and O–H groups in total. The van der Waals surface area contributed by atoms with E-state index < -0.39 is 17.2 Å². The van der Waals surface area contributed by atoms with E-state index in [2.05, 4.69) is 4.98 Å². The molecule has 0 atom stereocenters. The number of nitrogens with one attached hydrogen (secondary N) is 1. The number of unbranched alkanes of at least 4 members (excludes halogenated alkanes) is 1. The molecule has 2 heterocycles. The van der Waals surface area contributed by atoms with Crippen LogP contribution in [0.25, 0.3) is 0 Å². The Kier molecular flexibility index (Phi) is 7.38. The first-order valence-electron chi connectivity index (χ1n) is 12.3. The molecule has 9 heteroatoms. The average molecular weight is 490 g/mol. The smallest absolute Gasteiger partial charge is 0.330 e. The summed E-state index contributed by atoms with van der Waals surface area (Å²) in [6, 6.07) is 14.5. The second-order valence-electron chi connectivity index (χ2n) is 8.87. The minimum Gasteiger partial charge on any atom is -0.383 e. The number of hydrogen-bond acceptors (Lipinski definition) is 5. The molecule has 0 saturated heterocycles. The van der Waals surface area contributed by atoms with Gasteiger partial charge in [-0.15, -0.1) is 0 Å². The fourth-order valence-electron chi connectivity index (χ4n) is 4.54. The monoisotopic (exact) mass is 489 g/mol. The molecule has 2 aromatic carbocycles. The summed E-state index contributed by atoms with van der Waals surface area (Å²) < 4.78 is 1.31. The molecular formula is C27H31N5O4. The van der Waals surface area contributed by atoms with E-state index in [-0.39, 0.29) is 24.0 Å². The van der Waals surface area contributed by atoms with Gasteiger partial charge in [0.15, 0.2) is 5.69 Å². The van der Waals surface area contributed by atoms with E-state index >= 15 is 0 Å². The van der Waals surface area contributed by atoms with Gasteiger partial charge in [0.25, 0.3) is 11.5 Å². The van der Waals surface area contributed by atoms with Crippen molar-refractivity contribution in [2.24, 2.45) is 0 Å². The Bertz CT molecular complexity index is 1390. The molecule has 188 valence electrons. The summed E-state index contributed by atoms with van der Waals surface area (Å²) in [5.74, 6) is -0.422. The van der Waals surface area contributed by atoms with Crippen LogP contribution in [-0.4, -0.2) is 27.9 Å². The van der Waals surface area contributed by atoms with Gasteiger partial charge in [-0.25, -0.2) is 4.79 Å². The molecule has 0 radical (unpaired) electrons. The summed E-state index contributed by atoms with van der Waals surface area (Å²) in [5, 5.41) is 0. The van der Waals surface area contributed by atoms with Gasteiger partial charge in [-0.05, 0) is 42.2 Å². The number of benzene rings is 2. The third kappa shape index (κ3) is 4.82. The van der Waals surface area contributed by atoms with Crippen LogP contribution in [0, 0.1) is 0 Å². The first kappa shape index (κ1) is 25.0. The number of carbonyl (C=O) groups is 2. The van der Waals surface area contributed by atoms with Gasteiger partial charge in [0, 0.05) is 30.8 Å². The van der Waals surface area contributed by atoms with Crippen LogP contribution in [0.1, 0.15) is 54.6 Å². The highest BCUT2D eigenvalue weighted by Crippen LogP contribution is 2.31. The molecule has 0 unspecified atom stereocenters. The predicted molar refractivity (Wildman–Crippen MR) is 140 cm³/mol. The van der Waals surface area contributed by atoms with E-state index in [4.69, 9.17) is 5.73 Å². The van der Waals surface area contributed by atoms with Crippen molar-refractivity contribution in [1.29, 1.82) is 0 Å². The summed E-state index contributed by atoms with van der Waals surface area (Å²) in [7, 11) is 0. The fourth-order valence-corrected chi connectivity index (χ4v) is 4.54. The van der Waals surface area contributed by atoms with E-state index in [1.165, 1.54) is 9.47 Å². The number of hydrogen-bond donors (Lipinski definition) is 2. The number of rotatable bonds is 8. The third-order valence-corrected chi connectivity index (χ3v) is 6.47. The first-order chi connectivity index (χ1) is 17.3. The number of aromatic nitrogens is 2. The molecule has 3 aromatic rings. The first-order valence-corrected chi connectivity index (χ1v) is 12.3. The summed E-state index contributed by atoms with van der Waals surface area (Å²) in [6.45, 7) is 4.81. The third-order valence-electron chi connectivity index (χ3n) is 6.47. The van der Waals surface area contributed by atoms with E-state index in [9.17, 15) is 19.2 Å². The molecule has 1 aliphatic heterocycles. The zero-order valence-corrected chi connectivity index (χ0v) is 20.6. The SMILES string of the molecule is CCCCn1c(N)c(N(Cc2ccccc2)C(=O)c2ccc3c(c2)CCN3C(=O)CC)c(=O)[nH]c1=O. The zero-order chi connectivity index (χ0) is 25.8. The highest BCUT2D eigenvalue weighted by Gasteiger charge is 2.28. The van der Waals surface area contributed by atoms with Gasteiger partial charge >= 0.3 is 5.69 Å². The Balaban J connectivity index is 1.79. The van der Waals surface area contributed by atoms with E-state index in [0.717, 1.165) is 23.2 Å². The van der Waals surface area contributed by atoms with Crippen molar-refractivity contribution in [3.8, 4) is 0 Å². The lowest BCUT2D eigenvalue weighted by Crippen LogP contribution is -2.41. The Morgan fingerprint density at radius 1 is 1.08 bits per heavy atom. The Morgan fingerprint density at radius 3 is 2.53 bits per heavy atom. The summed E-state index contributed by atoms with van der Waals surface area (Å²) in [4.78, 5) is 57.0. The van der Waals surface area contributed by atoms with Crippen molar-refractivity contribution in [1.82, 2.24) is 9.55 Å². The van der Waals surface area contributed by atoms with Crippen LogP contribution in [0.3, 0.4) is 0 Å². The molecule has 0 spiro atoms. The van der Waals surface area contributed by atoms with Crippen molar-refractivity contribution in [3.05, 3.63) is 86.1 Å². The van der Waals surface area contributed by atoms with Gasteiger partial charge in [-0.1, -0.05) is 50.6 Å². The number of carbonyl (C=O) groups excluding carboxylic acids is 2. The van der Waals surface area contributed by atoms with Gasteiger partial charge < -0.3 is 10.6 Å². The lowest BCUT2D eigenvalue weighted by molar-refractivity contribution is -0.118. The van der Waals surface area contributed by atoms with Gasteiger partial charge in [0.05, 0.1) is 6.54 Å². The van der Waals surface area contributed by atoms with E-state index in [1.807, 2.05) is 44.2 Å². The molecule has 2 amide bonds. The fraction of sp³-hybridized carbons (Fsp3) is 0.333. The maximum Gasteiger partial charge on any atom is 0.330 e. The lowest BCUT2D eigenvalue weighted by atomic mass is 10.1. The second kappa shape index (κ2) is 10.6. The zero-order valence-electron chi connectivity index (χ0n) is 20.6. The Labute approximate surface area is 209 Å². The number of aromatic amines is 1. The maximum atomic E-state index is 13.9. The van der Waals surface area contributed by atoms with Gasteiger partial charge in [0.2, 0.25) is 5.91 Å². The molecule has 1 aromatic heterocycles. The van der Waals surface area contributed by atoms with Crippen LogP contribution < -0.4 is 26.8 Å². The quantitative estimate of drug-likeness (QED) is 0.504.